The molecule has 0 fully saturated rings. The number of hydrogen-bond acceptors (Lipinski definition) is 7. The number of benzene rings is 2. The van der Waals surface area contributed by atoms with E-state index in [1.165, 1.54) is 11.3 Å². The summed E-state index contributed by atoms with van der Waals surface area (Å²) in [4.78, 5) is 30.4. The molecule has 4 rings (SSSR count). The fourth-order valence-electron chi connectivity index (χ4n) is 3.63. The Bertz CT molecular complexity index is 1280. The van der Waals surface area contributed by atoms with Crippen LogP contribution in [0.15, 0.2) is 53.9 Å². The summed E-state index contributed by atoms with van der Waals surface area (Å²) in [6.07, 6.45) is 0. The zero-order valence-electron chi connectivity index (χ0n) is 18.0. The lowest BCUT2D eigenvalue weighted by Crippen LogP contribution is -2.32. The van der Waals surface area contributed by atoms with E-state index in [2.05, 4.69) is 4.98 Å². The number of nitrogens with zero attached hydrogens (tertiary/aromatic N) is 4. The molecule has 1 amide bonds. The van der Waals surface area contributed by atoms with Crippen LogP contribution < -0.4 is 5.73 Å². The second-order valence-corrected chi connectivity index (χ2v) is 8.24. The first-order valence-electron chi connectivity index (χ1n) is 10.1. The number of likely N-dealkylation sites (N-methyl/N-ethyl adjacent to an activating group) is 1. The first-order chi connectivity index (χ1) is 15.4. The van der Waals surface area contributed by atoms with E-state index in [1.54, 1.807) is 36.0 Å². The Kier molecular flexibility index (Phi) is 6.02. The molecule has 4 aromatic rings. The number of carbonyl (C=O) groups is 2. The predicted molar refractivity (Wildman–Crippen MR) is 124 cm³/mol. The van der Waals surface area contributed by atoms with Gasteiger partial charge in [0.2, 0.25) is 11.0 Å². The molecule has 164 valence electrons. The Morgan fingerprint density at radius 2 is 1.94 bits per heavy atom. The normalized spacial score (nSPS) is 12.2. The second kappa shape index (κ2) is 8.89. The van der Waals surface area contributed by atoms with E-state index in [0.29, 0.717) is 5.13 Å². The van der Waals surface area contributed by atoms with Crippen LogP contribution in [-0.4, -0.2) is 52.2 Å². The van der Waals surface area contributed by atoms with E-state index >= 15 is 0 Å². The van der Waals surface area contributed by atoms with Gasteiger partial charge >= 0.3 is 5.97 Å². The van der Waals surface area contributed by atoms with Crippen LogP contribution in [0.4, 0.5) is 0 Å². The maximum Gasteiger partial charge on any atom is 0.357 e. The van der Waals surface area contributed by atoms with Crippen molar-refractivity contribution in [3.8, 4) is 16.4 Å². The summed E-state index contributed by atoms with van der Waals surface area (Å²) >= 11 is 1.29. The van der Waals surface area contributed by atoms with Crippen molar-refractivity contribution in [2.45, 2.75) is 13.0 Å². The molecule has 1 unspecified atom stereocenters. The number of amides is 1. The van der Waals surface area contributed by atoms with Crippen LogP contribution in [0.2, 0.25) is 0 Å². The summed E-state index contributed by atoms with van der Waals surface area (Å²) in [5.74, 6) is -0.917. The van der Waals surface area contributed by atoms with Crippen molar-refractivity contribution in [3.05, 3.63) is 65.2 Å². The van der Waals surface area contributed by atoms with Gasteiger partial charge in [-0.1, -0.05) is 42.5 Å². The molecule has 2 aromatic carbocycles. The minimum absolute atomic E-state index is 0.233. The summed E-state index contributed by atoms with van der Waals surface area (Å²) in [5, 5.41) is 7.90. The summed E-state index contributed by atoms with van der Waals surface area (Å²) in [6.45, 7) is 2.02. The molecule has 0 aliphatic rings. The average molecular weight is 450 g/mol. The number of fused-ring (bicyclic) bond motifs is 1. The summed E-state index contributed by atoms with van der Waals surface area (Å²) in [7, 11) is 3.61. The quantitative estimate of drug-likeness (QED) is 0.434. The summed E-state index contributed by atoms with van der Waals surface area (Å²) < 4.78 is 6.76. The van der Waals surface area contributed by atoms with Gasteiger partial charge in [0.15, 0.2) is 5.69 Å². The number of primary amides is 1. The Morgan fingerprint density at radius 3 is 2.59 bits per heavy atom. The molecule has 0 saturated heterocycles. The molecule has 1 atom stereocenters. The van der Waals surface area contributed by atoms with Gasteiger partial charge < -0.3 is 10.5 Å². The van der Waals surface area contributed by atoms with E-state index in [1.807, 2.05) is 48.5 Å². The molecular weight excluding hydrogens is 426 g/mol. The van der Waals surface area contributed by atoms with Crippen LogP contribution in [0.1, 0.15) is 29.0 Å². The molecule has 9 heteroatoms. The van der Waals surface area contributed by atoms with Gasteiger partial charge in [-0.2, -0.15) is 5.10 Å². The molecule has 2 aromatic heterocycles. The van der Waals surface area contributed by atoms with Crippen molar-refractivity contribution in [1.29, 1.82) is 0 Å². The molecule has 2 heterocycles. The van der Waals surface area contributed by atoms with Gasteiger partial charge in [-0.25, -0.2) is 14.5 Å². The lowest BCUT2D eigenvalue weighted by atomic mass is 10.0. The van der Waals surface area contributed by atoms with E-state index in [9.17, 15) is 9.59 Å². The van der Waals surface area contributed by atoms with Gasteiger partial charge in [-0.3, -0.25) is 9.69 Å². The van der Waals surface area contributed by atoms with Gasteiger partial charge in [0.25, 0.3) is 0 Å². The van der Waals surface area contributed by atoms with Gasteiger partial charge in [0.1, 0.15) is 11.7 Å². The lowest BCUT2D eigenvalue weighted by Gasteiger charge is -2.21. The average Bonchev–Trinajstić information content (AvgIpc) is 3.39. The highest BCUT2D eigenvalue weighted by Crippen LogP contribution is 2.33. The Morgan fingerprint density at radius 1 is 1.19 bits per heavy atom. The molecule has 0 spiro atoms. The van der Waals surface area contributed by atoms with E-state index in [4.69, 9.17) is 15.6 Å². The first kappa shape index (κ1) is 21.7. The number of ether oxygens (including phenoxy) is 1. The zero-order valence-corrected chi connectivity index (χ0v) is 18.8. The third-order valence-electron chi connectivity index (χ3n) is 5.01. The highest BCUT2D eigenvalue weighted by atomic mass is 32.1. The third kappa shape index (κ3) is 4.00. The molecule has 0 aliphatic heterocycles. The van der Waals surface area contributed by atoms with E-state index in [0.717, 1.165) is 27.7 Å². The van der Waals surface area contributed by atoms with Crippen LogP contribution >= 0.6 is 11.3 Å². The zero-order chi connectivity index (χ0) is 22.8. The fraction of sp³-hybridized carbons (Fsp3) is 0.217. The van der Waals surface area contributed by atoms with Gasteiger partial charge in [-0.05, 0) is 32.6 Å². The maximum absolute atomic E-state index is 12.1. The molecule has 0 saturated carbocycles. The van der Waals surface area contributed by atoms with E-state index in [-0.39, 0.29) is 12.3 Å². The molecular formula is C23H23N5O3S. The minimum Gasteiger partial charge on any atom is -0.461 e. The number of nitrogens with two attached hydrogens (primary N) is 1. The highest BCUT2D eigenvalue weighted by Gasteiger charge is 2.23. The maximum atomic E-state index is 12.1. The predicted octanol–water partition coefficient (Wildman–Crippen LogP) is 3.41. The van der Waals surface area contributed by atoms with Gasteiger partial charge in [0.05, 0.1) is 12.1 Å². The fourth-order valence-corrected chi connectivity index (χ4v) is 4.39. The van der Waals surface area contributed by atoms with Crippen LogP contribution in [0.3, 0.4) is 0 Å². The summed E-state index contributed by atoms with van der Waals surface area (Å²) in [6, 6.07) is 15.0. The smallest absolute Gasteiger partial charge is 0.357 e. The number of esters is 1. The molecule has 0 bridgehead atoms. The van der Waals surface area contributed by atoms with Crippen molar-refractivity contribution < 1.29 is 14.3 Å². The Hall–Kier alpha value is -3.56. The van der Waals surface area contributed by atoms with Crippen LogP contribution in [0.25, 0.3) is 27.3 Å². The largest absolute Gasteiger partial charge is 0.461 e. The van der Waals surface area contributed by atoms with Crippen LogP contribution in [0, 0.1) is 0 Å². The van der Waals surface area contributed by atoms with Crippen molar-refractivity contribution in [1.82, 2.24) is 19.7 Å². The molecule has 8 nitrogen and oxygen atoms in total. The van der Waals surface area contributed by atoms with Crippen molar-refractivity contribution in [2.24, 2.45) is 5.73 Å². The molecule has 32 heavy (non-hydrogen) atoms. The number of carbonyl (C=O) groups excluding carboxylic acids is 2. The molecule has 0 radical (unpaired) electrons. The Balaban J connectivity index is 1.91. The third-order valence-corrected chi connectivity index (χ3v) is 5.83. The van der Waals surface area contributed by atoms with Gasteiger partial charge in [-0.15, -0.1) is 11.3 Å². The molecule has 0 aliphatic carbocycles. The number of hydrogen-bond donors (Lipinski definition) is 1. The monoisotopic (exact) mass is 449 g/mol. The number of rotatable bonds is 7. The number of aromatic nitrogens is 3. The SMILES string of the molecule is CCOC(=O)c1csc(-n2nc(-c3ccccc3)c3ccc(C(C(N)=O)N(C)C)cc32)n1. The van der Waals surface area contributed by atoms with Gasteiger partial charge in [0, 0.05) is 16.3 Å². The van der Waals surface area contributed by atoms with Crippen LogP contribution in [-0.2, 0) is 9.53 Å². The highest BCUT2D eigenvalue weighted by molar-refractivity contribution is 7.12. The van der Waals surface area contributed by atoms with Crippen molar-refractivity contribution in [3.63, 3.8) is 0 Å². The first-order valence-corrected chi connectivity index (χ1v) is 11.0. The summed E-state index contributed by atoms with van der Waals surface area (Å²) in [5.41, 5.74) is 9.13. The lowest BCUT2D eigenvalue weighted by molar-refractivity contribution is -0.122. The Labute approximate surface area is 189 Å². The second-order valence-electron chi connectivity index (χ2n) is 7.41. The van der Waals surface area contributed by atoms with Crippen molar-refractivity contribution >= 4 is 34.1 Å². The topological polar surface area (TPSA) is 103 Å². The number of thiazole rings is 1. The standard InChI is InChI=1S/C23H23N5O3S/c1-4-31-22(30)17-13-32-23(25-17)28-18-12-15(20(21(24)29)27(2)3)10-11-16(18)19(26-28)14-8-6-5-7-9-14/h5-13,20H,4H2,1-3H3,(H2,24,29). The molecule has 2 N–H and O–H groups in total. The van der Waals surface area contributed by atoms with Crippen molar-refractivity contribution in [2.75, 3.05) is 20.7 Å². The van der Waals surface area contributed by atoms with Crippen LogP contribution in [0.5, 0.6) is 0 Å². The van der Waals surface area contributed by atoms with E-state index < -0.39 is 17.9 Å². The minimum atomic E-state index is -0.589.